The summed E-state index contributed by atoms with van der Waals surface area (Å²) < 4.78 is 6.26. The van der Waals surface area contributed by atoms with Gasteiger partial charge in [-0.1, -0.05) is 152 Å². The molecule has 0 spiro atoms. The van der Waals surface area contributed by atoms with Crippen molar-refractivity contribution < 1.29 is 4.42 Å². The van der Waals surface area contributed by atoms with Crippen molar-refractivity contribution in [2.24, 2.45) is 0 Å². The highest BCUT2D eigenvalue weighted by atomic mass is 16.3. The predicted molar refractivity (Wildman–Crippen MR) is 209 cm³/mol. The van der Waals surface area contributed by atoms with Crippen LogP contribution in [0.15, 0.2) is 180 Å². The predicted octanol–water partition coefficient (Wildman–Crippen LogP) is 12.4. The van der Waals surface area contributed by atoms with Crippen LogP contribution in [0.25, 0.3) is 99.9 Å². The SMILES string of the molecule is c1ccc(-c2ccc(-c3nc(-c4ccc5ccccc5c4)nc(-c4ccc(-c5cccc6oc7ccccc7c56)c5ccccc45)n3)cc2)cc1. The molecular formula is C47H29N3O. The minimum atomic E-state index is 0.630. The second-order valence-corrected chi connectivity index (χ2v) is 12.8. The molecule has 0 saturated heterocycles. The average Bonchev–Trinajstić information content (AvgIpc) is 3.60. The minimum absolute atomic E-state index is 0.630. The Labute approximate surface area is 294 Å². The molecule has 238 valence electrons. The van der Waals surface area contributed by atoms with Crippen LogP contribution in [0.4, 0.5) is 0 Å². The van der Waals surface area contributed by atoms with E-state index in [0.29, 0.717) is 17.5 Å². The lowest BCUT2D eigenvalue weighted by Gasteiger charge is -2.14. The molecule has 0 amide bonds. The first-order chi connectivity index (χ1) is 25.3. The number of nitrogens with zero attached hydrogens (tertiary/aromatic N) is 3. The Morgan fingerprint density at radius 3 is 1.71 bits per heavy atom. The van der Waals surface area contributed by atoms with E-state index in [2.05, 4.69) is 152 Å². The van der Waals surface area contributed by atoms with Crippen LogP contribution < -0.4 is 0 Å². The molecule has 0 aliphatic carbocycles. The van der Waals surface area contributed by atoms with Crippen LogP contribution in [0.2, 0.25) is 0 Å². The van der Waals surface area contributed by atoms with E-state index in [0.717, 1.165) is 71.5 Å². The Bertz CT molecular complexity index is 2910. The summed E-state index contributed by atoms with van der Waals surface area (Å²) in [6.45, 7) is 0. The van der Waals surface area contributed by atoms with Gasteiger partial charge in [0.1, 0.15) is 11.2 Å². The van der Waals surface area contributed by atoms with Gasteiger partial charge in [0.05, 0.1) is 0 Å². The van der Waals surface area contributed by atoms with Crippen LogP contribution in [-0.2, 0) is 0 Å². The second kappa shape index (κ2) is 11.9. The molecule has 0 aliphatic heterocycles. The van der Waals surface area contributed by atoms with E-state index < -0.39 is 0 Å². The summed E-state index contributed by atoms with van der Waals surface area (Å²) in [4.78, 5) is 15.4. The maximum absolute atomic E-state index is 6.26. The van der Waals surface area contributed by atoms with Gasteiger partial charge in [-0.05, 0) is 68.1 Å². The molecule has 0 unspecified atom stereocenters. The van der Waals surface area contributed by atoms with E-state index in [4.69, 9.17) is 19.4 Å². The van der Waals surface area contributed by atoms with Crippen molar-refractivity contribution in [1.82, 2.24) is 15.0 Å². The van der Waals surface area contributed by atoms with Crippen LogP contribution in [0.5, 0.6) is 0 Å². The molecule has 10 rings (SSSR count). The van der Waals surface area contributed by atoms with Crippen LogP contribution >= 0.6 is 0 Å². The fourth-order valence-electron chi connectivity index (χ4n) is 7.25. The van der Waals surface area contributed by atoms with Gasteiger partial charge < -0.3 is 4.42 Å². The fraction of sp³-hybridized carbons (Fsp3) is 0. The zero-order valence-electron chi connectivity index (χ0n) is 27.5. The molecule has 0 fully saturated rings. The number of hydrogen-bond donors (Lipinski definition) is 0. The Balaban J connectivity index is 1.17. The first kappa shape index (κ1) is 29.0. The molecule has 0 N–H and O–H groups in total. The number of benzene rings is 8. The van der Waals surface area contributed by atoms with Crippen molar-refractivity contribution in [3.05, 3.63) is 176 Å². The summed E-state index contributed by atoms with van der Waals surface area (Å²) in [5.74, 6) is 1.89. The summed E-state index contributed by atoms with van der Waals surface area (Å²) in [6.07, 6.45) is 0. The van der Waals surface area contributed by atoms with Crippen molar-refractivity contribution in [3.63, 3.8) is 0 Å². The third-order valence-corrected chi connectivity index (χ3v) is 9.75. The van der Waals surface area contributed by atoms with Crippen molar-refractivity contribution >= 4 is 43.5 Å². The average molecular weight is 652 g/mol. The van der Waals surface area contributed by atoms with Gasteiger partial charge in [0.15, 0.2) is 17.5 Å². The first-order valence-electron chi connectivity index (χ1n) is 17.1. The summed E-state index contributed by atoms with van der Waals surface area (Å²) >= 11 is 0. The molecule has 2 heterocycles. The molecule has 0 radical (unpaired) electrons. The lowest BCUT2D eigenvalue weighted by atomic mass is 9.92. The Morgan fingerprint density at radius 1 is 0.314 bits per heavy atom. The molecule has 0 saturated carbocycles. The van der Waals surface area contributed by atoms with E-state index in [1.165, 1.54) is 10.9 Å². The molecule has 8 aromatic carbocycles. The van der Waals surface area contributed by atoms with Gasteiger partial charge in [-0.3, -0.25) is 0 Å². The molecule has 0 atom stereocenters. The Kier molecular flexibility index (Phi) is 6.78. The fourth-order valence-corrected chi connectivity index (χ4v) is 7.25. The minimum Gasteiger partial charge on any atom is -0.456 e. The Morgan fingerprint density at radius 2 is 0.882 bits per heavy atom. The van der Waals surface area contributed by atoms with E-state index in [-0.39, 0.29) is 0 Å². The van der Waals surface area contributed by atoms with Gasteiger partial charge in [0.25, 0.3) is 0 Å². The standard InChI is InChI=1S/C47H29N3O/c1-2-11-30(12-3-1)32-21-24-33(25-22-32)45-48-46(35-26-23-31-13-4-5-14-34(31)29-35)50-47(49-45)40-28-27-38(36-15-6-7-16-37(36)40)39-18-10-20-43-44(39)41-17-8-9-19-42(41)51-43/h1-29H. The van der Waals surface area contributed by atoms with E-state index in [9.17, 15) is 0 Å². The van der Waals surface area contributed by atoms with Gasteiger partial charge in [0.2, 0.25) is 0 Å². The third-order valence-electron chi connectivity index (χ3n) is 9.75. The van der Waals surface area contributed by atoms with Crippen molar-refractivity contribution in [2.75, 3.05) is 0 Å². The van der Waals surface area contributed by atoms with Crippen LogP contribution in [0, 0.1) is 0 Å². The number of aromatic nitrogens is 3. The third kappa shape index (κ3) is 5.04. The molecule has 0 bridgehead atoms. The molecule has 4 heteroatoms. The molecule has 2 aromatic heterocycles. The van der Waals surface area contributed by atoms with Crippen LogP contribution in [-0.4, -0.2) is 15.0 Å². The highest BCUT2D eigenvalue weighted by Gasteiger charge is 2.19. The highest BCUT2D eigenvalue weighted by Crippen LogP contribution is 2.41. The molecule has 0 aliphatic rings. The van der Waals surface area contributed by atoms with Gasteiger partial charge in [-0.15, -0.1) is 0 Å². The monoisotopic (exact) mass is 651 g/mol. The zero-order chi connectivity index (χ0) is 33.7. The van der Waals surface area contributed by atoms with Gasteiger partial charge in [-0.2, -0.15) is 0 Å². The second-order valence-electron chi connectivity index (χ2n) is 12.8. The van der Waals surface area contributed by atoms with E-state index in [1.54, 1.807) is 0 Å². The number of furan rings is 1. The summed E-state index contributed by atoms with van der Waals surface area (Å²) in [5.41, 5.74) is 9.16. The maximum atomic E-state index is 6.26. The summed E-state index contributed by atoms with van der Waals surface area (Å²) in [7, 11) is 0. The lowest BCUT2D eigenvalue weighted by molar-refractivity contribution is 0.669. The van der Waals surface area contributed by atoms with Crippen LogP contribution in [0.3, 0.4) is 0 Å². The molecule has 10 aromatic rings. The number of fused-ring (bicyclic) bond motifs is 5. The first-order valence-corrected chi connectivity index (χ1v) is 17.1. The van der Waals surface area contributed by atoms with E-state index in [1.807, 2.05) is 24.3 Å². The molecule has 51 heavy (non-hydrogen) atoms. The van der Waals surface area contributed by atoms with Crippen molar-refractivity contribution in [3.8, 4) is 56.4 Å². The largest absolute Gasteiger partial charge is 0.456 e. The topological polar surface area (TPSA) is 51.8 Å². The maximum Gasteiger partial charge on any atom is 0.164 e. The zero-order valence-corrected chi connectivity index (χ0v) is 27.5. The Hall–Kier alpha value is -6.91. The molecule has 4 nitrogen and oxygen atoms in total. The van der Waals surface area contributed by atoms with Gasteiger partial charge >= 0.3 is 0 Å². The number of rotatable bonds is 5. The number of para-hydroxylation sites is 1. The molecular weight excluding hydrogens is 623 g/mol. The summed E-state index contributed by atoms with van der Waals surface area (Å²) in [5, 5.41) is 6.73. The quantitative estimate of drug-likeness (QED) is 0.186. The highest BCUT2D eigenvalue weighted by molar-refractivity contribution is 6.16. The van der Waals surface area contributed by atoms with Crippen molar-refractivity contribution in [1.29, 1.82) is 0 Å². The summed E-state index contributed by atoms with van der Waals surface area (Å²) in [6, 6.07) is 61.0. The van der Waals surface area contributed by atoms with E-state index >= 15 is 0 Å². The van der Waals surface area contributed by atoms with Crippen LogP contribution in [0.1, 0.15) is 0 Å². The number of hydrogen-bond acceptors (Lipinski definition) is 4. The smallest absolute Gasteiger partial charge is 0.164 e. The van der Waals surface area contributed by atoms with Crippen molar-refractivity contribution in [2.45, 2.75) is 0 Å². The van der Waals surface area contributed by atoms with Gasteiger partial charge in [-0.25, -0.2) is 15.0 Å². The van der Waals surface area contributed by atoms with Gasteiger partial charge in [0, 0.05) is 27.5 Å². The lowest BCUT2D eigenvalue weighted by Crippen LogP contribution is -2.01. The normalized spacial score (nSPS) is 11.5.